The van der Waals surface area contributed by atoms with Crippen LogP contribution in [0.3, 0.4) is 0 Å². The van der Waals surface area contributed by atoms with Gasteiger partial charge >= 0.3 is 5.97 Å². The Bertz CT molecular complexity index is 894. The minimum Gasteiger partial charge on any atom is -0.465 e. The highest BCUT2D eigenvalue weighted by Crippen LogP contribution is 2.40. The number of ether oxygens (including phenoxy) is 1. The maximum Gasteiger partial charge on any atom is 0.341 e. The van der Waals surface area contributed by atoms with Crippen LogP contribution in [0.25, 0.3) is 0 Å². The largest absolute Gasteiger partial charge is 0.465 e. The molecule has 2 aliphatic rings. The molecular formula is C20H25N5O2S2. The van der Waals surface area contributed by atoms with E-state index in [0.29, 0.717) is 16.6 Å². The molecular weight excluding hydrogens is 406 g/mol. The van der Waals surface area contributed by atoms with Gasteiger partial charge in [0.2, 0.25) is 5.95 Å². The molecule has 0 unspecified atom stereocenters. The van der Waals surface area contributed by atoms with Crippen molar-refractivity contribution in [2.75, 3.05) is 43.5 Å². The fraction of sp³-hybridized carbons (Fsp3) is 0.500. The molecule has 9 heteroatoms. The summed E-state index contributed by atoms with van der Waals surface area (Å²) >= 11 is 7.32. The standard InChI is InChI=1S/C20H25N5O2S2/c1-13-4-5-14-15(12-13)29-17(16(14)18(26)27-2)23-20(28)25-10-8-24(9-11-25)19-21-6-3-7-22-19/h3,6-7,13H,4-5,8-12H2,1-2H3,(H,23,28)/t13-/m0/s1. The summed E-state index contributed by atoms with van der Waals surface area (Å²) in [5, 5.41) is 4.81. The third-order valence-electron chi connectivity index (χ3n) is 5.52. The van der Waals surface area contributed by atoms with Crippen LogP contribution < -0.4 is 10.2 Å². The predicted octanol–water partition coefficient (Wildman–Crippen LogP) is 2.97. The maximum atomic E-state index is 12.5. The van der Waals surface area contributed by atoms with E-state index in [1.54, 1.807) is 23.7 Å². The average Bonchev–Trinajstić information content (AvgIpc) is 3.10. The Morgan fingerprint density at radius 2 is 2.00 bits per heavy atom. The second kappa shape index (κ2) is 8.62. The van der Waals surface area contributed by atoms with E-state index in [1.807, 2.05) is 6.07 Å². The van der Waals surface area contributed by atoms with Crippen molar-refractivity contribution in [1.82, 2.24) is 14.9 Å². The smallest absolute Gasteiger partial charge is 0.341 e. The molecule has 29 heavy (non-hydrogen) atoms. The number of aromatic nitrogens is 2. The number of carbonyl (C=O) groups is 1. The van der Waals surface area contributed by atoms with Crippen LogP contribution in [0.5, 0.6) is 0 Å². The van der Waals surface area contributed by atoms with E-state index in [0.717, 1.165) is 62.0 Å². The van der Waals surface area contributed by atoms with Crippen LogP contribution >= 0.6 is 23.6 Å². The summed E-state index contributed by atoms with van der Waals surface area (Å²) in [6.45, 7) is 5.41. The number of methoxy groups -OCH3 is 1. The number of hydrogen-bond donors (Lipinski definition) is 1. The van der Waals surface area contributed by atoms with Crippen molar-refractivity contribution < 1.29 is 9.53 Å². The van der Waals surface area contributed by atoms with Gasteiger partial charge in [-0.05, 0) is 49.0 Å². The minimum absolute atomic E-state index is 0.284. The fourth-order valence-electron chi connectivity index (χ4n) is 3.90. The molecule has 7 nitrogen and oxygen atoms in total. The van der Waals surface area contributed by atoms with Crippen molar-refractivity contribution in [3.63, 3.8) is 0 Å². The quantitative estimate of drug-likeness (QED) is 0.588. The number of rotatable bonds is 3. The molecule has 1 N–H and O–H groups in total. The second-order valence-corrected chi connectivity index (χ2v) is 8.99. The number of thiophene rings is 1. The zero-order chi connectivity index (χ0) is 20.4. The van der Waals surface area contributed by atoms with Gasteiger partial charge in [0.1, 0.15) is 5.00 Å². The minimum atomic E-state index is -0.284. The normalized spacial score (nSPS) is 18.9. The predicted molar refractivity (Wildman–Crippen MR) is 119 cm³/mol. The number of piperazine rings is 1. The first-order chi connectivity index (χ1) is 14.1. The summed E-state index contributed by atoms with van der Waals surface area (Å²) in [5.74, 6) is 1.10. The zero-order valence-electron chi connectivity index (χ0n) is 16.7. The Balaban J connectivity index is 1.45. The molecule has 4 rings (SSSR count). The van der Waals surface area contributed by atoms with Crippen LogP contribution in [0.1, 0.15) is 34.1 Å². The van der Waals surface area contributed by atoms with Crippen LogP contribution in [0.4, 0.5) is 10.9 Å². The number of fused-ring (bicyclic) bond motifs is 1. The Hall–Kier alpha value is -2.26. The van der Waals surface area contributed by atoms with Gasteiger partial charge in [0.05, 0.1) is 12.7 Å². The van der Waals surface area contributed by atoms with Gasteiger partial charge in [-0.25, -0.2) is 14.8 Å². The lowest BCUT2D eigenvalue weighted by molar-refractivity contribution is 0.0601. The van der Waals surface area contributed by atoms with E-state index >= 15 is 0 Å². The van der Waals surface area contributed by atoms with Gasteiger partial charge in [-0.15, -0.1) is 11.3 Å². The molecule has 154 valence electrons. The monoisotopic (exact) mass is 431 g/mol. The molecule has 1 atom stereocenters. The topological polar surface area (TPSA) is 70.6 Å². The first-order valence-electron chi connectivity index (χ1n) is 9.87. The number of nitrogens with zero attached hydrogens (tertiary/aromatic N) is 4. The lowest BCUT2D eigenvalue weighted by atomic mass is 9.88. The zero-order valence-corrected chi connectivity index (χ0v) is 18.3. The summed E-state index contributed by atoms with van der Waals surface area (Å²) in [4.78, 5) is 26.7. The average molecular weight is 432 g/mol. The molecule has 1 saturated heterocycles. The number of nitrogens with one attached hydrogen (secondary N) is 1. The molecule has 1 aliphatic carbocycles. The van der Waals surface area contributed by atoms with Crippen LogP contribution in [0.15, 0.2) is 18.5 Å². The van der Waals surface area contributed by atoms with Gasteiger partial charge < -0.3 is 19.9 Å². The van der Waals surface area contributed by atoms with Gasteiger partial charge in [0.25, 0.3) is 0 Å². The third-order valence-corrected chi connectivity index (χ3v) is 7.05. The van der Waals surface area contributed by atoms with Gasteiger partial charge in [-0.1, -0.05) is 6.92 Å². The van der Waals surface area contributed by atoms with Crippen molar-refractivity contribution in [3.05, 3.63) is 34.5 Å². The highest BCUT2D eigenvalue weighted by atomic mass is 32.1. The SMILES string of the molecule is COC(=O)c1c(NC(=S)N2CCN(c3ncccn3)CC2)sc2c1CC[C@H](C)C2. The van der Waals surface area contributed by atoms with Crippen LogP contribution in [0.2, 0.25) is 0 Å². The first-order valence-corrected chi connectivity index (χ1v) is 11.1. The molecule has 0 amide bonds. The fourth-order valence-corrected chi connectivity index (χ4v) is 5.64. The molecule has 0 radical (unpaired) electrons. The summed E-state index contributed by atoms with van der Waals surface area (Å²) in [6.07, 6.45) is 6.54. The van der Waals surface area contributed by atoms with E-state index in [1.165, 1.54) is 12.0 Å². The van der Waals surface area contributed by atoms with Crippen molar-refractivity contribution in [2.45, 2.75) is 26.2 Å². The van der Waals surface area contributed by atoms with Crippen molar-refractivity contribution >= 4 is 45.6 Å². The Labute approximate surface area is 180 Å². The Morgan fingerprint density at radius 1 is 1.28 bits per heavy atom. The summed E-state index contributed by atoms with van der Waals surface area (Å²) in [7, 11) is 1.44. The molecule has 1 fully saturated rings. The number of anilines is 2. The first kappa shape index (κ1) is 20.0. The van der Waals surface area contributed by atoms with Crippen LogP contribution in [-0.2, 0) is 17.6 Å². The summed E-state index contributed by atoms with van der Waals surface area (Å²) < 4.78 is 5.07. The Kier molecular flexibility index (Phi) is 5.96. The molecule has 2 aromatic heterocycles. The van der Waals surface area contributed by atoms with Gasteiger partial charge in [0, 0.05) is 43.4 Å². The Morgan fingerprint density at radius 3 is 2.69 bits per heavy atom. The van der Waals surface area contributed by atoms with Crippen LogP contribution in [0, 0.1) is 5.92 Å². The lowest BCUT2D eigenvalue weighted by Crippen LogP contribution is -2.50. The van der Waals surface area contributed by atoms with E-state index in [-0.39, 0.29) is 5.97 Å². The third kappa shape index (κ3) is 4.20. The second-order valence-electron chi connectivity index (χ2n) is 7.50. The van der Waals surface area contributed by atoms with Crippen LogP contribution in [-0.4, -0.2) is 59.2 Å². The van der Waals surface area contributed by atoms with Crippen molar-refractivity contribution in [3.8, 4) is 0 Å². The van der Waals surface area contributed by atoms with E-state index in [2.05, 4.69) is 32.0 Å². The maximum absolute atomic E-state index is 12.5. The number of thiocarbonyl (C=S) groups is 1. The van der Waals surface area contributed by atoms with Crippen molar-refractivity contribution in [1.29, 1.82) is 0 Å². The highest BCUT2D eigenvalue weighted by Gasteiger charge is 2.29. The summed E-state index contributed by atoms with van der Waals surface area (Å²) in [6, 6.07) is 1.82. The van der Waals surface area contributed by atoms with E-state index < -0.39 is 0 Å². The van der Waals surface area contributed by atoms with Gasteiger partial charge in [-0.3, -0.25) is 0 Å². The summed E-state index contributed by atoms with van der Waals surface area (Å²) in [5.41, 5.74) is 1.80. The lowest BCUT2D eigenvalue weighted by Gasteiger charge is -2.36. The van der Waals surface area contributed by atoms with Crippen molar-refractivity contribution in [2.24, 2.45) is 5.92 Å². The van der Waals surface area contributed by atoms with E-state index in [9.17, 15) is 4.79 Å². The molecule has 2 aromatic rings. The molecule has 0 saturated carbocycles. The molecule has 0 bridgehead atoms. The molecule has 0 aromatic carbocycles. The number of carbonyl (C=O) groups excluding carboxylic acids is 1. The molecule has 3 heterocycles. The number of hydrogen-bond acceptors (Lipinski definition) is 7. The molecule has 1 aliphatic heterocycles. The van der Waals surface area contributed by atoms with E-state index in [4.69, 9.17) is 17.0 Å². The molecule has 0 spiro atoms. The van der Waals surface area contributed by atoms with Gasteiger partial charge in [-0.2, -0.15) is 0 Å². The highest BCUT2D eigenvalue weighted by molar-refractivity contribution is 7.80. The van der Waals surface area contributed by atoms with Gasteiger partial charge in [0.15, 0.2) is 5.11 Å². The number of esters is 1.